The van der Waals surface area contributed by atoms with Gasteiger partial charge >= 0.3 is 11.9 Å². The number of aliphatic carboxylic acids is 2. The minimum Gasteiger partial charge on any atom is -0.508 e. The normalized spacial score (nSPS) is 10.3. The molecule has 12 heteroatoms. The fourth-order valence-corrected chi connectivity index (χ4v) is 3.51. The Morgan fingerprint density at radius 1 is 0.705 bits per heavy atom. The quantitative estimate of drug-likeness (QED) is 0.0703. The van der Waals surface area contributed by atoms with Crippen LogP contribution in [-0.4, -0.2) is 117 Å². The highest BCUT2D eigenvalue weighted by molar-refractivity contribution is 5.78. The second kappa shape index (κ2) is 34.9. The van der Waals surface area contributed by atoms with E-state index in [0.717, 1.165) is 30.0 Å². The van der Waals surface area contributed by atoms with E-state index in [-0.39, 0.29) is 25.4 Å². The molecule has 0 saturated heterocycles. The average Bonchev–Trinajstić information content (AvgIpc) is 3.00. The van der Waals surface area contributed by atoms with Gasteiger partial charge in [0.25, 0.3) is 0 Å². The van der Waals surface area contributed by atoms with Crippen molar-refractivity contribution in [3.05, 3.63) is 42.0 Å². The lowest BCUT2D eigenvalue weighted by Crippen LogP contribution is -2.14. The lowest BCUT2D eigenvalue weighted by molar-refractivity contribution is -0.136. The third-order valence-corrected chi connectivity index (χ3v) is 5.68. The van der Waals surface area contributed by atoms with Crippen LogP contribution in [-0.2, 0) is 46.1 Å². The van der Waals surface area contributed by atoms with E-state index in [4.69, 9.17) is 44.1 Å². The summed E-state index contributed by atoms with van der Waals surface area (Å²) in [5.41, 5.74) is 1.63. The van der Waals surface area contributed by atoms with Gasteiger partial charge in [-0.25, -0.2) is 4.79 Å². The fourth-order valence-electron chi connectivity index (χ4n) is 3.51. The van der Waals surface area contributed by atoms with Crippen LogP contribution in [0.25, 0.3) is 0 Å². The number of rotatable bonds is 27. The summed E-state index contributed by atoms with van der Waals surface area (Å²) in [6, 6.07) is 5.10. The molecule has 0 aliphatic carbocycles. The van der Waals surface area contributed by atoms with Crippen molar-refractivity contribution < 1.29 is 58.8 Å². The van der Waals surface area contributed by atoms with Crippen LogP contribution in [0.3, 0.4) is 0 Å². The largest absolute Gasteiger partial charge is 0.508 e. The van der Waals surface area contributed by atoms with Crippen LogP contribution in [0.2, 0.25) is 0 Å². The van der Waals surface area contributed by atoms with Crippen molar-refractivity contribution in [3.63, 3.8) is 0 Å². The summed E-state index contributed by atoms with van der Waals surface area (Å²) in [4.78, 5) is 19.9. The monoisotopic (exact) mass is 632 g/mol. The Labute approximate surface area is 262 Å². The summed E-state index contributed by atoms with van der Waals surface area (Å²) < 4.78 is 25.8. The van der Waals surface area contributed by atoms with Gasteiger partial charge in [-0.1, -0.05) is 64.2 Å². The van der Waals surface area contributed by atoms with Gasteiger partial charge < -0.3 is 49.2 Å². The molecule has 1 aromatic rings. The Hall–Kier alpha value is -2.58. The van der Waals surface area contributed by atoms with Crippen molar-refractivity contribution in [2.24, 2.45) is 0 Å². The number of carboxylic acids is 2. The van der Waals surface area contributed by atoms with Crippen LogP contribution in [0, 0.1) is 0 Å². The van der Waals surface area contributed by atoms with Crippen molar-refractivity contribution in [1.82, 2.24) is 0 Å². The minimum absolute atomic E-state index is 0.0182. The summed E-state index contributed by atoms with van der Waals surface area (Å²) >= 11 is 0. The highest BCUT2D eigenvalue weighted by Gasteiger charge is 2.06. The molecule has 0 aromatic heterocycles. The number of aliphatic hydroxyl groups excluding tert-OH is 2. The molecule has 0 spiro atoms. The van der Waals surface area contributed by atoms with Gasteiger partial charge in [-0.05, 0) is 30.0 Å². The molecule has 0 aliphatic heterocycles. The molecule has 0 amide bonds. The molecule has 1 aromatic carbocycles. The van der Waals surface area contributed by atoms with Crippen LogP contribution in [0.1, 0.15) is 63.0 Å². The maximum absolute atomic E-state index is 10.7. The Bertz CT molecular complexity index is 787. The van der Waals surface area contributed by atoms with Crippen LogP contribution < -0.4 is 0 Å². The molecule has 44 heavy (non-hydrogen) atoms. The molecule has 12 nitrogen and oxygen atoms in total. The highest BCUT2D eigenvalue weighted by Crippen LogP contribution is 2.21. The van der Waals surface area contributed by atoms with E-state index < -0.39 is 11.9 Å². The fraction of sp³-hybridized carbons (Fsp3) is 0.688. The lowest BCUT2D eigenvalue weighted by Gasteiger charge is -2.07. The number of unbranched alkanes of at least 4 members (excludes halogenated alkanes) is 6. The van der Waals surface area contributed by atoms with E-state index in [9.17, 15) is 14.7 Å². The molecular weight excluding hydrogens is 576 g/mol. The van der Waals surface area contributed by atoms with Crippen LogP contribution in [0.4, 0.5) is 0 Å². The average molecular weight is 633 g/mol. The third-order valence-electron chi connectivity index (χ3n) is 5.68. The minimum atomic E-state index is -0.981. The Kier molecular flexibility index (Phi) is 34.5. The number of carbonyl (C=O) groups is 2. The Morgan fingerprint density at radius 3 is 1.50 bits per heavy atom. The number of benzene rings is 1. The number of aromatic hydroxyl groups is 1. The topological polar surface area (TPSA) is 181 Å². The Balaban J connectivity index is 0. The first-order valence-corrected chi connectivity index (χ1v) is 15.3. The zero-order valence-corrected chi connectivity index (χ0v) is 26.5. The van der Waals surface area contributed by atoms with E-state index in [1.165, 1.54) is 38.5 Å². The first-order chi connectivity index (χ1) is 21.3. The van der Waals surface area contributed by atoms with E-state index in [1.54, 1.807) is 12.1 Å². The number of hydrogen-bond acceptors (Lipinski definition) is 10. The standard InChI is InChI=1S/C17H26O3.C12H26O7.C3H4O2/c1-2-3-4-5-6-7-8-9-15-12-14(13-17(19)20)10-11-16(15)18;13-1-3-15-5-7-17-9-11-19-12-10-18-8-6-16-4-2-14;1-2-3(4)5/h10-12,18H,2-9,13H2,1H3,(H,19,20);13-14H,1-12H2;2H,1H2,(H,4,5). The molecule has 0 fully saturated rings. The zero-order valence-electron chi connectivity index (χ0n) is 26.5. The second-order valence-electron chi connectivity index (χ2n) is 9.46. The Morgan fingerprint density at radius 2 is 1.11 bits per heavy atom. The maximum Gasteiger partial charge on any atom is 0.327 e. The zero-order chi connectivity index (χ0) is 33.1. The number of aryl methyl sites for hydroxylation is 1. The molecule has 0 atom stereocenters. The molecule has 0 unspecified atom stereocenters. The van der Waals surface area contributed by atoms with Crippen molar-refractivity contribution in [1.29, 1.82) is 0 Å². The molecule has 0 bridgehead atoms. The molecule has 256 valence electrons. The van der Waals surface area contributed by atoms with E-state index in [2.05, 4.69) is 13.5 Å². The van der Waals surface area contributed by atoms with Gasteiger partial charge in [0.1, 0.15) is 5.75 Å². The summed E-state index contributed by atoms with van der Waals surface area (Å²) in [6.07, 6.45) is 10.3. The molecule has 0 heterocycles. The molecule has 0 radical (unpaired) electrons. The van der Waals surface area contributed by atoms with Gasteiger partial charge in [-0.3, -0.25) is 4.79 Å². The second-order valence-corrected chi connectivity index (χ2v) is 9.46. The van der Waals surface area contributed by atoms with E-state index in [0.29, 0.717) is 66.1 Å². The number of ether oxygens (including phenoxy) is 5. The lowest BCUT2D eigenvalue weighted by atomic mass is 10.0. The van der Waals surface area contributed by atoms with Crippen LogP contribution in [0.15, 0.2) is 30.9 Å². The predicted octanol–water partition coefficient (Wildman–Crippen LogP) is 3.62. The number of carboxylic acid groups (broad SMARTS) is 2. The van der Waals surface area contributed by atoms with Gasteiger partial charge in [0, 0.05) is 6.08 Å². The first kappa shape index (κ1) is 43.5. The SMILES string of the molecule is C=CC(=O)O.CCCCCCCCCc1cc(CC(=O)O)ccc1O.OCCOCCOCCOCCOCCOCCO. The van der Waals surface area contributed by atoms with E-state index >= 15 is 0 Å². The number of hydrogen-bond donors (Lipinski definition) is 5. The highest BCUT2D eigenvalue weighted by atomic mass is 16.6. The molecular formula is C32H56O12. The molecule has 0 saturated carbocycles. The van der Waals surface area contributed by atoms with Gasteiger partial charge in [0.15, 0.2) is 0 Å². The summed E-state index contributed by atoms with van der Waals surface area (Å²) in [6.45, 7) is 9.98. The maximum atomic E-state index is 10.7. The van der Waals surface area contributed by atoms with E-state index in [1.807, 2.05) is 6.07 Å². The van der Waals surface area contributed by atoms with Crippen molar-refractivity contribution in [2.45, 2.75) is 64.7 Å². The van der Waals surface area contributed by atoms with Gasteiger partial charge in [-0.15, -0.1) is 0 Å². The summed E-state index contributed by atoms with van der Waals surface area (Å²) in [5.74, 6) is -1.53. The number of aliphatic hydroxyl groups is 2. The van der Waals surface area contributed by atoms with Gasteiger partial charge in [-0.2, -0.15) is 0 Å². The smallest absolute Gasteiger partial charge is 0.327 e. The molecule has 0 aliphatic rings. The van der Waals surface area contributed by atoms with Crippen molar-refractivity contribution in [2.75, 3.05) is 79.3 Å². The molecule has 5 N–H and O–H groups in total. The van der Waals surface area contributed by atoms with Crippen molar-refractivity contribution in [3.8, 4) is 5.75 Å². The summed E-state index contributed by atoms with van der Waals surface area (Å²) in [7, 11) is 0. The first-order valence-electron chi connectivity index (χ1n) is 15.3. The number of phenolic OH excluding ortho intramolecular Hbond substituents is 1. The molecule has 1 rings (SSSR count). The third kappa shape index (κ3) is 33.9. The van der Waals surface area contributed by atoms with Crippen LogP contribution in [0.5, 0.6) is 5.75 Å². The predicted molar refractivity (Wildman–Crippen MR) is 167 cm³/mol. The van der Waals surface area contributed by atoms with Crippen molar-refractivity contribution >= 4 is 11.9 Å². The summed E-state index contributed by atoms with van der Waals surface area (Å²) in [5, 5.41) is 43.1. The number of phenols is 1. The van der Waals surface area contributed by atoms with Crippen LogP contribution >= 0.6 is 0 Å². The van der Waals surface area contributed by atoms with Gasteiger partial charge in [0.05, 0.1) is 85.7 Å². The van der Waals surface area contributed by atoms with Gasteiger partial charge in [0.2, 0.25) is 0 Å².